The van der Waals surface area contributed by atoms with E-state index in [1.807, 2.05) is 44.2 Å². The Morgan fingerprint density at radius 3 is 2.24 bits per heavy atom. The molecule has 0 aliphatic heterocycles. The van der Waals surface area contributed by atoms with Crippen LogP contribution in [0, 0.1) is 12.0 Å². The molecular weight excluding hydrogens is 374 g/mol. The monoisotopic (exact) mass is 403 g/mol. The van der Waals surface area contributed by atoms with Crippen LogP contribution in [0.3, 0.4) is 0 Å². The van der Waals surface area contributed by atoms with Crippen molar-refractivity contribution in [2.24, 2.45) is 0 Å². The number of aldehydes is 1. The van der Waals surface area contributed by atoms with Gasteiger partial charge in [0, 0.05) is 39.9 Å². The minimum atomic E-state index is -1.11. The lowest BCUT2D eigenvalue weighted by atomic mass is 10.1. The Bertz CT molecular complexity index is 697. The number of allylic oxidation sites excluding steroid dienone is 1. The van der Waals surface area contributed by atoms with E-state index in [0.717, 1.165) is 11.8 Å². The van der Waals surface area contributed by atoms with E-state index in [9.17, 15) is 9.59 Å². The summed E-state index contributed by atoms with van der Waals surface area (Å²) in [4.78, 5) is 25.4. The molecule has 0 fully saturated rings. The lowest BCUT2D eigenvalue weighted by Crippen LogP contribution is -2.38. The highest BCUT2D eigenvalue weighted by molar-refractivity contribution is 5.82. The molecule has 0 saturated heterocycles. The van der Waals surface area contributed by atoms with Crippen molar-refractivity contribution in [3.63, 3.8) is 0 Å². The van der Waals surface area contributed by atoms with Gasteiger partial charge < -0.3 is 18.9 Å². The third-order valence-electron chi connectivity index (χ3n) is 3.79. The fraction of sp³-hybridized carbons (Fsp3) is 0.455. The number of hydrogen-bond donors (Lipinski definition) is 0. The van der Waals surface area contributed by atoms with Gasteiger partial charge in [-0.1, -0.05) is 36.4 Å². The number of benzene rings is 1. The highest BCUT2D eigenvalue weighted by Gasteiger charge is 2.23. The van der Waals surface area contributed by atoms with E-state index in [1.54, 1.807) is 6.08 Å². The van der Waals surface area contributed by atoms with Gasteiger partial charge in [0.25, 0.3) is 5.91 Å². The van der Waals surface area contributed by atoms with E-state index in [2.05, 4.69) is 12.0 Å². The molecule has 1 aromatic rings. The van der Waals surface area contributed by atoms with E-state index in [1.165, 1.54) is 19.1 Å². The van der Waals surface area contributed by atoms with Gasteiger partial charge in [-0.05, 0) is 30.9 Å². The van der Waals surface area contributed by atoms with Crippen molar-refractivity contribution in [1.82, 2.24) is 4.90 Å². The maximum absolute atomic E-state index is 12.7. The number of ether oxygens (including phenoxy) is 4. The molecule has 0 radical (unpaired) electrons. The van der Waals surface area contributed by atoms with Crippen molar-refractivity contribution < 1.29 is 28.5 Å². The van der Waals surface area contributed by atoms with E-state index < -0.39 is 18.5 Å². The van der Waals surface area contributed by atoms with Gasteiger partial charge in [0.05, 0.1) is 6.54 Å². The summed E-state index contributed by atoms with van der Waals surface area (Å²) in [7, 11) is 2.73. The molecule has 0 aliphatic rings. The standard InChI is InChI=1S/C22H29NO6/c1-5-28-20(29-6-2)13-15-23(21(25)22(26-3)27-4)14-12-19(17-24)16-18-10-8-7-9-11-18/h7-12,17,20,22H,5-6,14,16H2,1-4H3/b19-12+. The maximum atomic E-state index is 12.7. The maximum Gasteiger partial charge on any atom is 0.291 e. The first-order chi connectivity index (χ1) is 14.1. The predicted octanol–water partition coefficient (Wildman–Crippen LogP) is 2.16. The third kappa shape index (κ3) is 9.03. The van der Waals surface area contributed by atoms with Crippen molar-refractivity contribution in [1.29, 1.82) is 0 Å². The Hall–Kier alpha value is -2.50. The molecule has 0 saturated carbocycles. The topological polar surface area (TPSA) is 74.3 Å². The van der Waals surface area contributed by atoms with Gasteiger partial charge in [0.2, 0.25) is 12.6 Å². The number of carbonyl (C=O) groups excluding carboxylic acids is 2. The van der Waals surface area contributed by atoms with Crippen LogP contribution in [0.2, 0.25) is 0 Å². The number of rotatable bonds is 12. The average Bonchev–Trinajstić information content (AvgIpc) is 2.74. The fourth-order valence-corrected chi connectivity index (χ4v) is 2.38. The van der Waals surface area contributed by atoms with Gasteiger partial charge in [-0.3, -0.25) is 14.5 Å². The Balaban J connectivity index is 3.03. The van der Waals surface area contributed by atoms with E-state index in [0.29, 0.717) is 25.2 Å². The molecule has 0 atom stereocenters. The second-order valence-electron chi connectivity index (χ2n) is 5.81. The van der Waals surface area contributed by atoms with Crippen molar-refractivity contribution in [3.8, 4) is 12.0 Å². The summed E-state index contributed by atoms with van der Waals surface area (Å²) in [5, 5.41) is 0. The highest BCUT2D eigenvalue weighted by atomic mass is 16.7. The van der Waals surface area contributed by atoms with Gasteiger partial charge in [-0.15, -0.1) is 0 Å². The van der Waals surface area contributed by atoms with Crippen LogP contribution in [0.1, 0.15) is 19.4 Å². The summed E-state index contributed by atoms with van der Waals surface area (Å²) in [5.41, 5.74) is 1.53. The normalized spacial score (nSPS) is 11.3. The first-order valence-corrected chi connectivity index (χ1v) is 9.38. The number of nitrogens with zero attached hydrogens (tertiary/aromatic N) is 1. The van der Waals surface area contributed by atoms with Crippen LogP contribution < -0.4 is 0 Å². The SMILES string of the molecule is CCOC(C#CN(C/C=C(/C=O)Cc1ccccc1)C(=O)C(OC)OC)OCC. The van der Waals surface area contributed by atoms with Gasteiger partial charge in [-0.2, -0.15) is 0 Å². The summed E-state index contributed by atoms with van der Waals surface area (Å²) in [5.74, 6) is 2.29. The molecule has 0 aliphatic carbocycles. The zero-order valence-corrected chi connectivity index (χ0v) is 17.4. The minimum absolute atomic E-state index is 0.0843. The van der Waals surface area contributed by atoms with Gasteiger partial charge >= 0.3 is 0 Å². The van der Waals surface area contributed by atoms with Crippen LogP contribution in [0.25, 0.3) is 0 Å². The molecule has 0 spiro atoms. The Morgan fingerprint density at radius 1 is 1.10 bits per heavy atom. The summed E-state index contributed by atoms with van der Waals surface area (Å²) in [6, 6.07) is 12.3. The zero-order valence-electron chi connectivity index (χ0n) is 17.4. The Labute approximate surface area is 172 Å². The first-order valence-electron chi connectivity index (χ1n) is 9.38. The van der Waals surface area contributed by atoms with Crippen LogP contribution in [-0.2, 0) is 35.0 Å². The minimum Gasteiger partial charge on any atom is -0.348 e. The number of hydrogen-bond acceptors (Lipinski definition) is 6. The van der Waals surface area contributed by atoms with Crippen LogP contribution >= 0.6 is 0 Å². The first kappa shape index (κ1) is 24.5. The molecule has 1 rings (SSSR count). The molecule has 0 aromatic heterocycles. The molecular formula is C22H29NO6. The van der Waals surface area contributed by atoms with Crippen LogP contribution in [0.5, 0.6) is 0 Å². The second-order valence-corrected chi connectivity index (χ2v) is 5.81. The Kier molecular flexibility index (Phi) is 12.3. The molecule has 7 nitrogen and oxygen atoms in total. The van der Waals surface area contributed by atoms with E-state index in [-0.39, 0.29) is 6.54 Å². The largest absolute Gasteiger partial charge is 0.348 e. The zero-order chi connectivity index (χ0) is 21.5. The third-order valence-corrected chi connectivity index (χ3v) is 3.79. The summed E-state index contributed by atoms with van der Waals surface area (Å²) < 4.78 is 20.8. The number of amides is 1. The molecule has 1 amide bonds. The van der Waals surface area contributed by atoms with E-state index in [4.69, 9.17) is 18.9 Å². The van der Waals surface area contributed by atoms with Crippen molar-refractivity contribution in [3.05, 3.63) is 47.5 Å². The molecule has 29 heavy (non-hydrogen) atoms. The quantitative estimate of drug-likeness (QED) is 0.175. The Morgan fingerprint density at radius 2 is 1.72 bits per heavy atom. The van der Waals surface area contributed by atoms with E-state index >= 15 is 0 Å². The van der Waals surface area contributed by atoms with Crippen molar-refractivity contribution in [2.75, 3.05) is 34.0 Å². The molecule has 0 unspecified atom stereocenters. The highest BCUT2D eigenvalue weighted by Crippen LogP contribution is 2.07. The van der Waals surface area contributed by atoms with Gasteiger partial charge in [-0.25, -0.2) is 0 Å². The second kappa shape index (κ2) is 14.5. The van der Waals surface area contributed by atoms with Crippen LogP contribution in [0.4, 0.5) is 0 Å². The lowest BCUT2D eigenvalue weighted by molar-refractivity contribution is -0.166. The number of methoxy groups -OCH3 is 2. The van der Waals surface area contributed by atoms with Crippen molar-refractivity contribution >= 4 is 12.2 Å². The summed E-state index contributed by atoms with van der Waals surface area (Å²) in [6.07, 6.45) is 1.02. The average molecular weight is 403 g/mol. The van der Waals surface area contributed by atoms with Gasteiger partial charge in [0.1, 0.15) is 6.29 Å². The van der Waals surface area contributed by atoms with Crippen molar-refractivity contribution in [2.45, 2.75) is 32.8 Å². The van der Waals surface area contributed by atoms with Crippen LogP contribution in [-0.4, -0.2) is 63.7 Å². The molecule has 0 bridgehead atoms. The number of carbonyl (C=O) groups is 2. The molecule has 0 heterocycles. The molecule has 158 valence electrons. The smallest absolute Gasteiger partial charge is 0.291 e. The molecule has 7 heteroatoms. The molecule has 1 aromatic carbocycles. The summed E-state index contributed by atoms with van der Waals surface area (Å²) in [6.45, 7) is 4.56. The van der Waals surface area contributed by atoms with Crippen LogP contribution in [0.15, 0.2) is 42.0 Å². The summed E-state index contributed by atoms with van der Waals surface area (Å²) >= 11 is 0. The lowest BCUT2D eigenvalue weighted by Gasteiger charge is -2.20. The fourth-order valence-electron chi connectivity index (χ4n) is 2.38. The molecule has 0 N–H and O–H groups in total. The van der Waals surface area contributed by atoms with Gasteiger partial charge in [0.15, 0.2) is 0 Å². The predicted molar refractivity (Wildman–Crippen MR) is 109 cm³/mol.